The van der Waals surface area contributed by atoms with Gasteiger partial charge in [-0.25, -0.2) is 19.4 Å². The van der Waals surface area contributed by atoms with Crippen LogP contribution in [-0.4, -0.2) is 64.5 Å². The first-order valence-corrected chi connectivity index (χ1v) is 12.9. The summed E-state index contributed by atoms with van der Waals surface area (Å²) in [6, 6.07) is 11.9. The van der Waals surface area contributed by atoms with Gasteiger partial charge in [0.15, 0.2) is 6.61 Å². The van der Waals surface area contributed by atoms with Crippen molar-refractivity contribution in [2.45, 2.75) is 25.4 Å². The molecule has 0 saturated heterocycles. The number of hydrogen-bond acceptors (Lipinski definition) is 10. The van der Waals surface area contributed by atoms with Gasteiger partial charge in [0.1, 0.15) is 17.1 Å². The average molecular weight is 568 g/mol. The van der Waals surface area contributed by atoms with Gasteiger partial charge in [-0.05, 0) is 52.9 Å². The van der Waals surface area contributed by atoms with Gasteiger partial charge in [0.05, 0.1) is 11.7 Å². The van der Waals surface area contributed by atoms with E-state index in [0.29, 0.717) is 29.2 Å². The lowest BCUT2D eigenvalue weighted by atomic mass is 10.0. The van der Waals surface area contributed by atoms with Gasteiger partial charge >= 0.3 is 5.69 Å². The first kappa shape index (κ1) is 25.1. The maximum atomic E-state index is 13.3. The number of carbonyl (C=O) groups excluding carboxylic acids is 3. The lowest BCUT2D eigenvalue weighted by Crippen LogP contribution is -2.30. The third kappa shape index (κ3) is 4.59. The van der Waals surface area contributed by atoms with Crippen molar-refractivity contribution in [2.24, 2.45) is 0 Å². The Morgan fingerprint density at radius 3 is 2.83 bits per heavy atom. The predicted molar refractivity (Wildman–Crippen MR) is 143 cm³/mol. The van der Waals surface area contributed by atoms with Crippen LogP contribution in [0.5, 0.6) is 5.75 Å². The fourth-order valence-electron chi connectivity index (χ4n) is 5.11. The molecular formula is C26H21N11O5. The third-order valence-corrected chi connectivity index (χ3v) is 7.07. The standard InChI is InChI=1S/C26H21N11O5/c38-21-11-42-20-6-1-12(7-17(20)28-21)10-27-24(40)19-9-18(30-25-31-26(41)34-37(19)25)23(39)29-16-5-3-13-8-14(2-4-15(13)16)22-32-35-36-33-22/h1-2,4,6-9,16H,3,5,10-11H2,(H,27,40)(H,28,38)(H,29,39)(H,34,41)(H,32,33,35,36)/t16-/m0/s1. The number of benzene rings is 2. The van der Waals surface area contributed by atoms with Crippen LogP contribution in [-0.2, 0) is 17.8 Å². The minimum Gasteiger partial charge on any atom is -0.482 e. The molecule has 42 heavy (non-hydrogen) atoms. The molecule has 5 aromatic rings. The van der Waals surface area contributed by atoms with E-state index >= 15 is 0 Å². The second kappa shape index (κ2) is 9.92. The number of amides is 3. The molecule has 2 aromatic carbocycles. The average Bonchev–Trinajstić information content (AvgIpc) is 3.75. The largest absolute Gasteiger partial charge is 0.482 e. The van der Waals surface area contributed by atoms with Crippen LogP contribution < -0.4 is 26.4 Å². The van der Waals surface area contributed by atoms with Gasteiger partial charge in [-0.2, -0.15) is 10.2 Å². The summed E-state index contributed by atoms with van der Waals surface area (Å²) in [4.78, 5) is 58.2. The van der Waals surface area contributed by atoms with E-state index in [9.17, 15) is 19.2 Å². The van der Waals surface area contributed by atoms with Crippen molar-refractivity contribution in [1.82, 2.24) is 50.8 Å². The number of aromatic nitrogens is 8. The van der Waals surface area contributed by atoms with Crippen LogP contribution in [0.1, 0.15) is 50.1 Å². The van der Waals surface area contributed by atoms with E-state index < -0.39 is 17.5 Å². The highest BCUT2D eigenvalue weighted by Crippen LogP contribution is 2.33. The van der Waals surface area contributed by atoms with Crippen molar-refractivity contribution >= 4 is 29.2 Å². The second-order valence-electron chi connectivity index (χ2n) is 9.75. The Morgan fingerprint density at radius 1 is 1.07 bits per heavy atom. The molecular weight excluding hydrogens is 546 g/mol. The van der Waals surface area contributed by atoms with Crippen LogP contribution in [0, 0.1) is 0 Å². The molecule has 0 spiro atoms. The van der Waals surface area contributed by atoms with Gasteiger partial charge in [-0.1, -0.05) is 18.2 Å². The zero-order chi connectivity index (χ0) is 28.8. The Kier molecular flexibility index (Phi) is 5.92. The number of H-pyrrole nitrogens is 2. The molecule has 0 radical (unpaired) electrons. The fraction of sp³-hybridized carbons (Fsp3) is 0.192. The molecule has 16 nitrogen and oxygen atoms in total. The topological polar surface area (TPSA) is 214 Å². The summed E-state index contributed by atoms with van der Waals surface area (Å²) in [6.07, 6.45) is 1.40. The number of fused-ring (bicyclic) bond motifs is 3. The number of nitrogens with zero attached hydrogens (tertiary/aromatic N) is 6. The molecule has 0 fully saturated rings. The molecule has 1 atom stereocenters. The van der Waals surface area contributed by atoms with E-state index in [4.69, 9.17) is 4.74 Å². The molecule has 3 aromatic heterocycles. The van der Waals surface area contributed by atoms with Crippen LogP contribution >= 0.6 is 0 Å². The summed E-state index contributed by atoms with van der Waals surface area (Å²) in [5.41, 5.74) is 3.19. The van der Waals surface area contributed by atoms with Crippen LogP contribution in [0.4, 0.5) is 5.69 Å². The smallest absolute Gasteiger partial charge is 0.363 e. The first-order chi connectivity index (χ1) is 20.4. The van der Waals surface area contributed by atoms with Crippen LogP contribution in [0.2, 0.25) is 0 Å². The van der Waals surface area contributed by atoms with E-state index in [-0.39, 0.29) is 42.3 Å². The van der Waals surface area contributed by atoms with E-state index in [1.807, 2.05) is 18.2 Å². The number of tetrazole rings is 1. The number of rotatable bonds is 6. The minimum atomic E-state index is -0.721. The first-order valence-electron chi connectivity index (χ1n) is 12.9. The molecule has 210 valence electrons. The molecule has 0 unspecified atom stereocenters. The lowest BCUT2D eigenvalue weighted by molar-refractivity contribution is -0.118. The second-order valence-corrected chi connectivity index (χ2v) is 9.75. The number of anilines is 1. The summed E-state index contributed by atoms with van der Waals surface area (Å²) < 4.78 is 6.49. The number of hydrogen-bond donors (Lipinski definition) is 5. The van der Waals surface area contributed by atoms with E-state index in [1.54, 1.807) is 18.2 Å². The number of carbonyl (C=O) groups is 3. The van der Waals surface area contributed by atoms with Crippen molar-refractivity contribution in [3.8, 4) is 17.1 Å². The molecule has 5 N–H and O–H groups in total. The summed E-state index contributed by atoms with van der Waals surface area (Å²) in [7, 11) is 0. The number of aryl methyl sites for hydroxylation is 1. The van der Waals surface area contributed by atoms with Crippen LogP contribution in [0.3, 0.4) is 0 Å². The van der Waals surface area contributed by atoms with Gasteiger partial charge in [-0.15, -0.1) is 10.2 Å². The van der Waals surface area contributed by atoms with Gasteiger partial charge in [0.2, 0.25) is 5.82 Å². The van der Waals surface area contributed by atoms with E-state index in [1.165, 1.54) is 6.07 Å². The quantitative estimate of drug-likeness (QED) is 0.189. The van der Waals surface area contributed by atoms with Crippen molar-refractivity contribution in [2.75, 3.05) is 11.9 Å². The Hall–Kier alpha value is -5.93. The summed E-state index contributed by atoms with van der Waals surface area (Å²) in [5.74, 6) is -0.481. The van der Waals surface area contributed by atoms with E-state index in [2.05, 4.69) is 51.6 Å². The van der Waals surface area contributed by atoms with Gasteiger partial charge < -0.3 is 20.7 Å². The molecule has 0 saturated carbocycles. The van der Waals surface area contributed by atoms with Gasteiger partial charge in [0.25, 0.3) is 23.5 Å². The Bertz CT molecular complexity index is 1950. The summed E-state index contributed by atoms with van der Waals surface area (Å²) in [6.45, 7) is 0.0345. The highest BCUT2D eigenvalue weighted by Gasteiger charge is 2.27. The maximum Gasteiger partial charge on any atom is 0.363 e. The van der Waals surface area contributed by atoms with Crippen molar-refractivity contribution < 1.29 is 19.1 Å². The van der Waals surface area contributed by atoms with Gasteiger partial charge in [-0.3, -0.25) is 14.4 Å². The molecule has 1 aliphatic carbocycles. The Labute approximate surface area is 234 Å². The fourth-order valence-corrected chi connectivity index (χ4v) is 5.11. The summed E-state index contributed by atoms with van der Waals surface area (Å²) in [5, 5.41) is 24.9. The van der Waals surface area contributed by atoms with Crippen molar-refractivity contribution in [3.05, 3.63) is 81.0 Å². The predicted octanol–water partition coefficient (Wildman–Crippen LogP) is 0.276. The maximum absolute atomic E-state index is 13.3. The summed E-state index contributed by atoms with van der Waals surface area (Å²) >= 11 is 0. The number of aromatic amines is 2. The molecule has 3 amide bonds. The minimum absolute atomic E-state index is 0.0362. The molecule has 2 aliphatic rings. The van der Waals surface area contributed by atoms with Crippen molar-refractivity contribution in [1.29, 1.82) is 0 Å². The normalized spacial score (nSPS) is 15.4. The SMILES string of the molecule is O=C1COc2ccc(CNC(=O)c3cc(C(=O)N[C@H]4CCc5cc(-c6nn[nH]n6)ccc54)nc4nc(=O)[nH]n34)cc2N1. The highest BCUT2D eigenvalue weighted by atomic mass is 16.5. The Morgan fingerprint density at radius 2 is 1.98 bits per heavy atom. The molecule has 7 rings (SSSR count). The van der Waals surface area contributed by atoms with Crippen LogP contribution in [0.15, 0.2) is 47.3 Å². The zero-order valence-corrected chi connectivity index (χ0v) is 21.7. The molecule has 16 heteroatoms. The van der Waals surface area contributed by atoms with E-state index in [0.717, 1.165) is 27.6 Å². The zero-order valence-electron chi connectivity index (χ0n) is 21.7. The molecule has 4 heterocycles. The highest BCUT2D eigenvalue weighted by molar-refractivity contribution is 5.98. The Balaban J connectivity index is 1.10. The third-order valence-electron chi connectivity index (χ3n) is 7.07. The van der Waals surface area contributed by atoms with Crippen molar-refractivity contribution in [3.63, 3.8) is 0 Å². The van der Waals surface area contributed by atoms with Crippen LogP contribution in [0.25, 0.3) is 17.2 Å². The number of nitrogens with one attached hydrogen (secondary N) is 5. The van der Waals surface area contributed by atoms with Gasteiger partial charge in [0, 0.05) is 18.2 Å². The molecule has 0 bridgehead atoms. The monoisotopic (exact) mass is 567 g/mol. The lowest BCUT2D eigenvalue weighted by Gasteiger charge is -2.18. The number of ether oxygens (including phenoxy) is 1. The molecule has 1 aliphatic heterocycles.